The second-order valence-electron chi connectivity index (χ2n) is 9.07. The third-order valence-electron chi connectivity index (χ3n) is 6.98. The van der Waals surface area contributed by atoms with E-state index in [1.54, 1.807) is 13.8 Å². The Hall–Kier alpha value is -1.61. The van der Waals surface area contributed by atoms with E-state index >= 15 is 0 Å². The Morgan fingerprint density at radius 3 is 1.82 bits per heavy atom. The first-order valence-electron chi connectivity index (χ1n) is 10.9. The highest BCUT2D eigenvalue weighted by Gasteiger charge is 2.30. The Balaban J connectivity index is 1.36. The molecule has 150 valence electrons. The molecule has 0 aliphatic heterocycles. The number of sulfone groups is 1. The van der Waals surface area contributed by atoms with Crippen molar-refractivity contribution in [3.8, 4) is 11.1 Å². The largest absolute Gasteiger partial charge is 0.229 e. The molecule has 0 heterocycles. The molecular weight excluding hydrogens is 364 g/mol. The van der Waals surface area contributed by atoms with Crippen LogP contribution in [0.4, 0.5) is 0 Å². The first-order valence-corrected chi connectivity index (χ1v) is 12.6. The number of rotatable bonds is 6. The zero-order valence-electron chi connectivity index (χ0n) is 17.1. The second kappa shape index (κ2) is 8.02. The van der Waals surface area contributed by atoms with Gasteiger partial charge >= 0.3 is 0 Å². The predicted molar refractivity (Wildman–Crippen MR) is 117 cm³/mol. The molecule has 4 rings (SSSR count). The summed E-state index contributed by atoms with van der Waals surface area (Å²) in [5.41, 5.74) is 5.79. The van der Waals surface area contributed by atoms with Crippen LogP contribution in [0.2, 0.25) is 0 Å². The molecule has 0 N–H and O–H groups in total. The lowest BCUT2D eigenvalue weighted by Crippen LogP contribution is -2.26. The van der Waals surface area contributed by atoms with E-state index in [4.69, 9.17) is 0 Å². The van der Waals surface area contributed by atoms with Gasteiger partial charge in [0.25, 0.3) is 0 Å². The zero-order valence-corrected chi connectivity index (χ0v) is 17.9. The van der Waals surface area contributed by atoms with E-state index in [9.17, 15) is 8.42 Å². The van der Waals surface area contributed by atoms with E-state index in [-0.39, 0.29) is 5.25 Å². The molecule has 2 aromatic carbocycles. The van der Waals surface area contributed by atoms with Gasteiger partial charge in [-0.15, -0.1) is 0 Å². The van der Waals surface area contributed by atoms with Crippen LogP contribution in [0, 0.1) is 11.8 Å². The number of benzene rings is 2. The van der Waals surface area contributed by atoms with Gasteiger partial charge in [-0.1, -0.05) is 61.4 Å². The van der Waals surface area contributed by atoms with Gasteiger partial charge in [-0.3, -0.25) is 0 Å². The lowest BCUT2D eigenvalue weighted by molar-refractivity contribution is 0.272. The molecule has 0 saturated heterocycles. The summed E-state index contributed by atoms with van der Waals surface area (Å²) in [6, 6.07) is 17.7. The normalized spacial score (nSPS) is 22.2. The van der Waals surface area contributed by atoms with Crippen LogP contribution < -0.4 is 0 Å². The van der Waals surface area contributed by atoms with Gasteiger partial charge in [0, 0.05) is 5.92 Å². The standard InChI is InChI=1S/C25H32O2S/c1-18(2)28(26,27)17-20-13-11-19(12-14-20)15-16-25-23-9-5-3-7-21(23)22-8-4-6-10-24(22)25/h3-10,18-20,25H,11-17H2,1-2H3. The highest BCUT2D eigenvalue weighted by atomic mass is 32.2. The van der Waals surface area contributed by atoms with Crippen molar-refractivity contribution in [3.05, 3.63) is 59.7 Å². The number of hydrogen-bond acceptors (Lipinski definition) is 2. The van der Waals surface area contributed by atoms with Crippen LogP contribution >= 0.6 is 0 Å². The fourth-order valence-corrected chi connectivity index (χ4v) is 6.56. The van der Waals surface area contributed by atoms with Crippen molar-refractivity contribution in [1.82, 2.24) is 0 Å². The van der Waals surface area contributed by atoms with Crippen molar-refractivity contribution >= 4 is 9.84 Å². The minimum atomic E-state index is -2.91. The van der Waals surface area contributed by atoms with Crippen LogP contribution in [0.5, 0.6) is 0 Å². The average Bonchev–Trinajstić information content (AvgIpc) is 3.01. The summed E-state index contributed by atoms with van der Waals surface area (Å²) in [6.07, 6.45) is 6.98. The molecule has 2 aromatic rings. The number of fused-ring (bicyclic) bond motifs is 3. The predicted octanol–water partition coefficient (Wildman–Crippen LogP) is 6.21. The van der Waals surface area contributed by atoms with E-state index in [0.29, 0.717) is 17.6 Å². The highest BCUT2D eigenvalue weighted by Crippen LogP contribution is 2.47. The van der Waals surface area contributed by atoms with Crippen LogP contribution in [-0.4, -0.2) is 19.4 Å². The molecule has 0 atom stereocenters. The third-order valence-corrected chi connectivity index (χ3v) is 9.35. The topological polar surface area (TPSA) is 34.1 Å². The van der Waals surface area contributed by atoms with Gasteiger partial charge in [-0.05, 0) is 73.6 Å². The van der Waals surface area contributed by atoms with Crippen LogP contribution in [0.3, 0.4) is 0 Å². The van der Waals surface area contributed by atoms with Gasteiger partial charge in [0.15, 0.2) is 9.84 Å². The maximum atomic E-state index is 12.2. The molecule has 1 saturated carbocycles. The minimum Gasteiger partial charge on any atom is -0.229 e. The summed E-state index contributed by atoms with van der Waals surface area (Å²) in [7, 11) is -2.91. The van der Waals surface area contributed by atoms with Crippen LogP contribution in [0.1, 0.15) is 69.4 Å². The molecule has 1 fully saturated rings. The quantitative estimate of drug-likeness (QED) is 0.582. The average molecular weight is 397 g/mol. The maximum absolute atomic E-state index is 12.2. The van der Waals surface area contributed by atoms with E-state index in [1.165, 1.54) is 47.9 Å². The van der Waals surface area contributed by atoms with Gasteiger partial charge < -0.3 is 0 Å². The lowest BCUT2D eigenvalue weighted by atomic mass is 9.78. The van der Waals surface area contributed by atoms with Crippen LogP contribution in [-0.2, 0) is 9.84 Å². The minimum absolute atomic E-state index is 0.243. The molecule has 0 bridgehead atoms. The molecule has 2 nitrogen and oxygen atoms in total. The maximum Gasteiger partial charge on any atom is 0.152 e. The fourth-order valence-electron chi connectivity index (χ4n) is 5.18. The monoisotopic (exact) mass is 396 g/mol. The van der Waals surface area contributed by atoms with Crippen LogP contribution in [0.15, 0.2) is 48.5 Å². The Morgan fingerprint density at radius 2 is 1.29 bits per heavy atom. The van der Waals surface area contributed by atoms with Gasteiger partial charge in [-0.2, -0.15) is 0 Å². The SMILES string of the molecule is CC(C)S(=O)(=O)CC1CCC(CCC2c3ccccc3-c3ccccc32)CC1. The van der Waals surface area contributed by atoms with Gasteiger partial charge in [0.1, 0.15) is 0 Å². The van der Waals surface area contributed by atoms with E-state index in [1.807, 2.05) is 0 Å². The smallest absolute Gasteiger partial charge is 0.152 e. The first-order chi connectivity index (χ1) is 13.5. The second-order valence-corrected chi connectivity index (χ2v) is 11.7. The van der Waals surface area contributed by atoms with E-state index in [0.717, 1.165) is 18.8 Å². The number of hydrogen-bond donors (Lipinski definition) is 0. The third kappa shape index (κ3) is 3.91. The lowest BCUT2D eigenvalue weighted by Gasteiger charge is -2.29. The molecule has 2 aliphatic rings. The van der Waals surface area contributed by atoms with E-state index < -0.39 is 9.84 Å². The Labute approximate surface area is 170 Å². The fraction of sp³-hybridized carbons (Fsp3) is 0.520. The van der Waals surface area contributed by atoms with Crippen molar-refractivity contribution in [2.75, 3.05) is 5.75 Å². The Bertz CT molecular complexity index is 876. The molecule has 0 radical (unpaired) electrons. The summed E-state index contributed by atoms with van der Waals surface area (Å²) in [6.45, 7) is 3.61. The van der Waals surface area contributed by atoms with Crippen molar-refractivity contribution in [2.45, 2.75) is 63.5 Å². The van der Waals surface area contributed by atoms with Gasteiger partial charge in [0.05, 0.1) is 11.0 Å². The highest BCUT2D eigenvalue weighted by molar-refractivity contribution is 7.91. The summed E-state index contributed by atoms with van der Waals surface area (Å²) in [5, 5.41) is -0.243. The van der Waals surface area contributed by atoms with E-state index in [2.05, 4.69) is 48.5 Å². The molecule has 3 heteroatoms. The Morgan fingerprint density at radius 1 is 0.786 bits per heavy atom. The zero-order chi connectivity index (χ0) is 19.7. The molecule has 0 aromatic heterocycles. The van der Waals surface area contributed by atoms with Crippen molar-refractivity contribution < 1.29 is 8.42 Å². The Kier molecular flexibility index (Phi) is 5.64. The van der Waals surface area contributed by atoms with Crippen LogP contribution in [0.25, 0.3) is 11.1 Å². The molecule has 0 spiro atoms. The van der Waals surface area contributed by atoms with Crippen molar-refractivity contribution in [3.63, 3.8) is 0 Å². The van der Waals surface area contributed by atoms with Gasteiger partial charge in [-0.25, -0.2) is 8.42 Å². The first kappa shape index (κ1) is 19.7. The van der Waals surface area contributed by atoms with Crippen molar-refractivity contribution in [2.24, 2.45) is 11.8 Å². The van der Waals surface area contributed by atoms with Gasteiger partial charge in [0.2, 0.25) is 0 Å². The van der Waals surface area contributed by atoms with Crippen molar-refractivity contribution in [1.29, 1.82) is 0 Å². The molecule has 28 heavy (non-hydrogen) atoms. The summed E-state index contributed by atoms with van der Waals surface area (Å²) < 4.78 is 24.4. The summed E-state index contributed by atoms with van der Waals surface area (Å²) in [4.78, 5) is 0. The summed E-state index contributed by atoms with van der Waals surface area (Å²) >= 11 is 0. The molecular formula is C25H32O2S. The summed E-state index contributed by atoms with van der Waals surface area (Å²) in [5.74, 6) is 2.03. The molecule has 2 aliphatic carbocycles. The molecule has 0 unspecified atom stereocenters. The molecule has 0 amide bonds.